The number of halogens is 6. The Kier molecular flexibility index (Phi) is 4.74. The Bertz CT molecular complexity index is 719. The van der Waals surface area contributed by atoms with Gasteiger partial charge in [-0.25, -0.2) is 0 Å². The molecule has 1 aromatic carbocycles. The SMILES string of the molecule is O=C([O-])C1=CCC(Oc2ccccc2OC(F)(F)F)(C(F)(F)F)C=C1. The fraction of sp³-hybridized carbons (Fsp3) is 0.267. The standard InChI is InChI=1S/C15H10F6O4/c16-14(17,18)13(7-5-9(6-8-13)12(22)23)24-10-3-1-2-4-11(10)25-15(19,20)21/h1-7H,8H2,(H,22,23)/p-1. The number of carboxylic acid groups (broad SMARTS) is 1. The number of rotatable bonds is 4. The molecule has 0 saturated heterocycles. The van der Waals surface area contributed by atoms with E-state index in [0.717, 1.165) is 30.3 Å². The van der Waals surface area contributed by atoms with Crippen LogP contribution in [0.25, 0.3) is 0 Å². The summed E-state index contributed by atoms with van der Waals surface area (Å²) in [6.45, 7) is 0. The number of hydrogen-bond donors (Lipinski definition) is 0. The quantitative estimate of drug-likeness (QED) is 0.768. The molecule has 0 heterocycles. The number of carbonyl (C=O) groups is 1. The normalized spacial score (nSPS) is 20.8. The minimum absolute atomic E-state index is 0.419. The smallest absolute Gasteiger partial charge is 0.545 e. The van der Waals surface area contributed by atoms with Crippen LogP contribution in [-0.4, -0.2) is 24.1 Å². The molecule has 0 aromatic heterocycles. The Hall–Kier alpha value is -2.65. The number of carboxylic acids is 1. The molecular formula is C15H9F6O4-. The minimum atomic E-state index is -5.13. The molecule has 136 valence electrons. The predicted molar refractivity (Wildman–Crippen MR) is 69.4 cm³/mol. The molecule has 10 heteroatoms. The van der Waals surface area contributed by atoms with Crippen molar-refractivity contribution < 1.29 is 45.7 Å². The van der Waals surface area contributed by atoms with Crippen molar-refractivity contribution in [3.63, 3.8) is 0 Å². The molecule has 1 aliphatic carbocycles. The van der Waals surface area contributed by atoms with E-state index in [1.54, 1.807) is 0 Å². The molecule has 1 aliphatic rings. The van der Waals surface area contributed by atoms with Gasteiger partial charge in [-0.1, -0.05) is 24.3 Å². The zero-order valence-corrected chi connectivity index (χ0v) is 12.1. The highest BCUT2D eigenvalue weighted by atomic mass is 19.4. The zero-order chi connectivity index (χ0) is 18.9. The average Bonchev–Trinajstić information content (AvgIpc) is 2.47. The van der Waals surface area contributed by atoms with Gasteiger partial charge >= 0.3 is 12.5 Å². The van der Waals surface area contributed by atoms with E-state index in [0.29, 0.717) is 12.2 Å². The lowest BCUT2D eigenvalue weighted by Crippen LogP contribution is -2.49. The molecule has 0 radical (unpaired) electrons. The number of para-hydroxylation sites is 2. The number of carbonyl (C=O) groups excluding carboxylic acids is 1. The molecule has 1 unspecified atom stereocenters. The van der Waals surface area contributed by atoms with E-state index in [1.807, 2.05) is 0 Å². The molecule has 0 N–H and O–H groups in total. The van der Waals surface area contributed by atoms with E-state index >= 15 is 0 Å². The Morgan fingerprint density at radius 3 is 2.12 bits per heavy atom. The lowest BCUT2D eigenvalue weighted by atomic mass is 9.91. The minimum Gasteiger partial charge on any atom is -0.545 e. The van der Waals surface area contributed by atoms with Gasteiger partial charge in [-0.05, 0) is 23.8 Å². The third kappa shape index (κ3) is 4.25. The van der Waals surface area contributed by atoms with Crippen LogP contribution in [0.2, 0.25) is 0 Å². The van der Waals surface area contributed by atoms with Crippen molar-refractivity contribution >= 4 is 5.97 Å². The van der Waals surface area contributed by atoms with Gasteiger partial charge in [0.1, 0.15) is 0 Å². The van der Waals surface area contributed by atoms with Crippen LogP contribution >= 0.6 is 0 Å². The Labute approximate surface area is 137 Å². The summed E-state index contributed by atoms with van der Waals surface area (Å²) in [6.07, 6.45) is -9.37. The molecular weight excluding hydrogens is 358 g/mol. The summed E-state index contributed by atoms with van der Waals surface area (Å²) in [7, 11) is 0. The van der Waals surface area contributed by atoms with Crippen LogP contribution in [0.4, 0.5) is 26.3 Å². The highest BCUT2D eigenvalue weighted by molar-refractivity contribution is 5.88. The average molecular weight is 367 g/mol. The van der Waals surface area contributed by atoms with Gasteiger partial charge in [0.05, 0.1) is 5.97 Å². The van der Waals surface area contributed by atoms with Crippen LogP contribution in [0.15, 0.2) is 48.1 Å². The van der Waals surface area contributed by atoms with E-state index < -0.39 is 47.6 Å². The van der Waals surface area contributed by atoms with Crippen molar-refractivity contribution in [3.05, 3.63) is 48.1 Å². The third-order valence-electron chi connectivity index (χ3n) is 3.24. The molecule has 0 aliphatic heterocycles. The topological polar surface area (TPSA) is 58.6 Å². The van der Waals surface area contributed by atoms with E-state index in [-0.39, 0.29) is 0 Å². The van der Waals surface area contributed by atoms with Crippen LogP contribution in [-0.2, 0) is 4.79 Å². The van der Waals surface area contributed by atoms with Crippen LogP contribution in [0.1, 0.15) is 6.42 Å². The maximum Gasteiger partial charge on any atom is 0.573 e. The van der Waals surface area contributed by atoms with Gasteiger partial charge in [-0.3, -0.25) is 0 Å². The van der Waals surface area contributed by atoms with Gasteiger partial charge in [-0.2, -0.15) is 13.2 Å². The van der Waals surface area contributed by atoms with Crippen molar-refractivity contribution in [2.45, 2.75) is 24.6 Å². The number of ether oxygens (including phenoxy) is 2. The number of benzene rings is 1. The van der Waals surface area contributed by atoms with Crippen molar-refractivity contribution in [3.8, 4) is 11.5 Å². The first kappa shape index (κ1) is 18.7. The highest BCUT2D eigenvalue weighted by Gasteiger charge is 2.56. The number of alkyl halides is 6. The lowest BCUT2D eigenvalue weighted by Gasteiger charge is -2.35. The maximum absolute atomic E-state index is 13.4. The second kappa shape index (κ2) is 6.34. The monoisotopic (exact) mass is 367 g/mol. The summed E-state index contributed by atoms with van der Waals surface area (Å²) in [5.41, 5.74) is -3.54. The van der Waals surface area contributed by atoms with E-state index in [2.05, 4.69) is 4.74 Å². The van der Waals surface area contributed by atoms with Crippen molar-refractivity contribution in [2.75, 3.05) is 0 Å². The molecule has 0 saturated carbocycles. The van der Waals surface area contributed by atoms with Gasteiger partial charge in [0.25, 0.3) is 0 Å². The summed E-state index contributed by atoms with van der Waals surface area (Å²) in [6, 6.07) is 3.96. The summed E-state index contributed by atoms with van der Waals surface area (Å²) >= 11 is 0. The van der Waals surface area contributed by atoms with Crippen molar-refractivity contribution in [2.24, 2.45) is 0 Å². The second-order valence-corrected chi connectivity index (χ2v) is 4.97. The summed E-state index contributed by atoms with van der Waals surface area (Å²) in [5.74, 6) is -3.44. The molecule has 1 aromatic rings. The van der Waals surface area contributed by atoms with Crippen LogP contribution < -0.4 is 14.6 Å². The predicted octanol–water partition coefficient (Wildman–Crippen LogP) is 2.90. The van der Waals surface area contributed by atoms with E-state index in [4.69, 9.17) is 4.74 Å². The molecule has 1 atom stereocenters. The Morgan fingerprint density at radius 2 is 1.68 bits per heavy atom. The molecule has 0 amide bonds. The Morgan fingerprint density at radius 1 is 1.08 bits per heavy atom. The van der Waals surface area contributed by atoms with Crippen LogP contribution in [0.5, 0.6) is 11.5 Å². The highest BCUT2D eigenvalue weighted by Crippen LogP contribution is 2.44. The Balaban J connectivity index is 2.39. The summed E-state index contributed by atoms with van der Waals surface area (Å²) in [4.78, 5) is 10.7. The van der Waals surface area contributed by atoms with Crippen molar-refractivity contribution in [1.29, 1.82) is 0 Å². The van der Waals surface area contributed by atoms with Gasteiger partial charge < -0.3 is 19.4 Å². The second-order valence-electron chi connectivity index (χ2n) is 4.97. The van der Waals surface area contributed by atoms with Gasteiger partial charge in [0.2, 0.25) is 5.60 Å². The van der Waals surface area contributed by atoms with Gasteiger partial charge in [0, 0.05) is 6.42 Å². The zero-order valence-electron chi connectivity index (χ0n) is 12.1. The molecule has 0 fully saturated rings. The molecule has 2 rings (SSSR count). The maximum atomic E-state index is 13.4. The first-order valence-electron chi connectivity index (χ1n) is 6.65. The van der Waals surface area contributed by atoms with Crippen LogP contribution in [0, 0.1) is 0 Å². The fourth-order valence-corrected chi connectivity index (χ4v) is 2.06. The first-order chi connectivity index (χ1) is 11.4. The molecule has 0 bridgehead atoms. The largest absolute Gasteiger partial charge is 0.573 e. The molecule has 4 nitrogen and oxygen atoms in total. The number of hydrogen-bond acceptors (Lipinski definition) is 4. The third-order valence-corrected chi connectivity index (χ3v) is 3.24. The van der Waals surface area contributed by atoms with Gasteiger partial charge in [0.15, 0.2) is 11.5 Å². The van der Waals surface area contributed by atoms with E-state index in [1.165, 1.54) is 0 Å². The number of aliphatic carboxylic acids is 1. The van der Waals surface area contributed by atoms with Gasteiger partial charge in [-0.15, -0.1) is 13.2 Å². The van der Waals surface area contributed by atoms with Crippen LogP contribution in [0.3, 0.4) is 0 Å². The first-order valence-corrected chi connectivity index (χ1v) is 6.65. The lowest BCUT2D eigenvalue weighted by molar-refractivity contribution is -0.299. The molecule has 0 spiro atoms. The van der Waals surface area contributed by atoms with Crippen molar-refractivity contribution in [1.82, 2.24) is 0 Å². The summed E-state index contributed by atoms with van der Waals surface area (Å²) < 4.78 is 85.9. The summed E-state index contributed by atoms with van der Waals surface area (Å²) in [5, 5.41) is 10.7. The molecule has 25 heavy (non-hydrogen) atoms. The van der Waals surface area contributed by atoms with E-state index in [9.17, 15) is 36.2 Å². The fourth-order valence-electron chi connectivity index (χ4n) is 2.06.